The number of nitrogens with one attached hydrogen (secondary N) is 1. The molecule has 0 aliphatic heterocycles. The molecule has 0 bridgehead atoms. The minimum absolute atomic E-state index is 0.0935. The Morgan fingerprint density at radius 3 is 2.15 bits per heavy atom. The summed E-state index contributed by atoms with van der Waals surface area (Å²) in [6, 6.07) is 0.300. The zero-order valence-electron chi connectivity index (χ0n) is 12.8. The lowest BCUT2D eigenvalue weighted by Crippen LogP contribution is -2.53. The van der Waals surface area contributed by atoms with Gasteiger partial charge >= 0.3 is 0 Å². The van der Waals surface area contributed by atoms with Gasteiger partial charge in [-0.05, 0) is 43.9 Å². The minimum Gasteiger partial charge on any atom is -0.392 e. The van der Waals surface area contributed by atoms with Gasteiger partial charge in [0.25, 0.3) is 0 Å². The number of amides is 1. The van der Waals surface area contributed by atoms with Crippen LogP contribution in [0, 0.1) is 17.3 Å². The van der Waals surface area contributed by atoms with Crippen LogP contribution in [0.25, 0.3) is 0 Å². The molecule has 4 heteroatoms. The van der Waals surface area contributed by atoms with Crippen molar-refractivity contribution in [2.75, 3.05) is 0 Å². The van der Waals surface area contributed by atoms with Gasteiger partial charge in [0, 0.05) is 6.04 Å². The van der Waals surface area contributed by atoms with Crippen LogP contribution in [0.2, 0.25) is 0 Å². The highest BCUT2D eigenvalue weighted by molar-refractivity contribution is 7.80. The third-order valence-electron chi connectivity index (χ3n) is 5.13. The largest absolute Gasteiger partial charge is 0.392 e. The van der Waals surface area contributed by atoms with E-state index < -0.39 is 5.41 Å². The fraction of sp³-hybridized carbons (Fsp3) is 0.875. The standard InChI is InChI=1S/C16H28N2OS/c1-11-8-12(2)10-13(9-11)18-15(19)16(14(17)20)6-4-3-5-7-16/h11-13H,3-10H2,1-2H3,(H2,17,20)(H,18,19). The van der Waals surface area contributed by atoms with Gasteiger partial charge in [0.05, 0.1) is 10.4 Å². The molecule has 20 heavy (non-hydrogen) atoms. The van der Waals surface area contributed by atoms with E-state index in [1.807, 2.05) is 0 Å². The molecule has 0 aromatic carbocycles. The molecule has 2 aliphatic rings. The number of carbonyl (C=O) groups excluding carboxylic acids is 1. The topological polar surface area (TPSA) is 55.1 Å². The molecule has 1 amide bonds. The number of carbonyl (C=O) groups is 1. The number of hydrogen-bond acceptors (Lipinski definition) is 2. The highest BCUT2D eigenvalue weighted by atomic mass is 32.1. The second-order valence-corrected chi connectivity index (χ2v) is 7.53. The maximum absolute atomic E-state index is 12.8. The lowest BCUT2D eigenvalue weighted by Gasteiger charge is -2.38. The average Bonchev–Trinajstić information content (AvgIpc) is 2.38. The monoisotopic (exact) mass is 296 g/mol. The van der Waals surface area contributed by atoms with Crippen molar-refractivity contribution in [2.24, 2.45) is 23.0 Å². The van der Waals surface area contributed by atoms with Crippen LogP contribution in [-0.2, 0) is 4.79 Å². The molecule has 0 spiro atoms. The second kappa shape index (κ2) is 6.42. The minimum atomic E-state index is -0.572. The summed E-state index contributed by atoms with van der Waals surface area (Å²) >= 11 is 5.23. The van der Waals surface area contributed by atoms with Crippen molar-refractivity contribution in [3.63, 3.8) is 0 Å². The highest BCUT2D eigenvalue weighted by Crippen LogP contribution is 2.38. The van der Waals surface area contributed by atoms with Crippen molar-refractivity contribution in [3.8, 4) is 0 Å². The van der Waals surface area contributed by atoms with Gasteiger partial charge in [0.1, 0.15) is 0 Å². The van der Waals surface area contributed by atoms with Crippen molar-refractivity contribution >= 4 is 23.1 Å². The van der Waals surface area contributed by atoms with Crippen LogP contribution < -0.4 is 11.1 Å². The summed E-state index contributed by atoms with van der Waals surface area (Å²) in [7, 11) is 0. The van der Waals surface area contributed by atoms with Crippen LogP contribution in [0.1, 0.15) is 65.2 Å². The van der Waals surface area contributed by atoms with Gasteiger partial charge in [0.15, 0.2) is 0 Å². The molecule has 2 fully saturated rings. The Morgan fingerprint density at radius 1 is 1.10 bits per heavy atom. The van der Waals surface area contributed by atoms with Crippen molar-refractivity contribution in [1.29, 1.82) is 0 Å². The molecule has 2 unspecified atom stereocenters. The first kappa shape index (κ1) is 15.7. The van der Waals surface area contributed by atoms with E-state index in [-0.39, 0.29) is 5.91 Å². The Bertz CT molecular complexity index is 367. The normalized spacial score (nSPS) is 33.4. The highest BCUT2D eigenvalue weighted by Gasteiger charge is 2.43. The van der Waals surface area contributed by atoms with Crippen molar-refractivity contribution in [2.45, 2.75) is 71.3 Å². The van der Waals surface area contributed by atoms with Gasteiger partial charge in [-0.15, -0.1) is 0 Å². The maximum Gasteiger partial charge on any atom is 0.233 e. The molecule has 114 valence electrons. The van der Waals surface area contributed by atoms with Gasteiger partial charge < -0.3 is 11.1 Å². The number of hydrogen-bond donors (Lipinski definition) is 2. The van der Waals surface area contributed by atoms with E-state index in [0.29, 0.717) is 22.9 Å². The van der Waals surface area contributed by atoms with E-state index in [9.17, 15) is 4.79 Å². The average molecular weight is 296 g/mol. The second-order valence-electron chi connectivity index (χ2n) is 7.09. The van der Waals surface area contributed by atoms with E-state index in [2.05, 4.69) is 19.2 Å². The first-order valence-electron chi connectivity index (χ1n) is 8.05. The molecule has 0 aromatic heterocycles. The predicted octanol–water partition coefficient (Wildman–Crippen LogP) is 3.16. The summed E-state index contributed by atoms with van der Waals surface area (Å²) in [5.74, 6) is 1.48. The molecule has 2 atom stereocenters. The Morgan fingerprint density at radius 2 is 1.65 bits per heavy atom. The lowest BCUT2D eigenvalue weighted by molar-refractivity contribution is -0.130. The van der Waals surface area contributed by atoms with Crippen molar-refractivity contribution < 1.29 is 4.79 Å². The Labute approximate surface area is 128 Å². The molecule has 0 aromatic rings. The summed E-state index contributed by atoms with van der Waals surface area (Å²) in [5.41, 5.74) is 5.36. The number of nitrogens with two attached hydrogens (primary N) is 1. The Kier molecular flexibility index (Phi) is 5.05. The zero-order valence-corrected chi connectivity index (χ0v) is 13.6. The fourth-order valence-corrected chi connectivity index (χ4v) is 4.43. The fourth-order valence-electron chi connectivity index (χ4n) is 4.13. The maximum atomic E-state index is 12.8. The number of thiocarbonyl (C=S) groups is 1. The third kappa shape index (κ3) is 3.33. The number of rotatable bonds is 3. The van der Waals surface area contributed by atoms with Crippen molar-refractivity contribution in [3.05, 3.63) is 0 Å². The quantitative estimate of drug-likeness (QED) is 0.787. The van der Waals surface area contributed by atoms with Gasteiger partial charge in [-0.25, -0.2) is 0 Å². The van der Waals surface area contributed by atoms with E-state index in [1.165, 1.54) is 12.8 Å². The van der Waals surface area contributed by atoms with Crippen LogP contribution in [0.4, 0.5) is 0 Å². The molecule has 0 saturated heterocycles. The van der Waals surface area contributed by atoms with Crippen LogP contribution in [0.3, 0.4) is 0 Å². The smallest absolute Gasteiger partial charge is 0.233 e. The van der Waals surface area contributed by atoms with Crippen LogP contribution in [-0.4, -0.2) is 16.9 Å². The Balaban J connectivity index is 2.03. The molecule has 0 radical (unpaired) electrons. The summed E-state index contributed by atoms with van der Waals surface area (Å²) < 4.78 is 0. The molecular weight excluding hydrogens is 268 g/mol. The summed E-state index contributed by atoms with van der Waals surface area (Å²) in [6.45, 7) is 4.55. The molecule has 2 rings (SSSR count). The van der Waals surface area contributed by atoms with E-state index in [0.717, 1.165) is 38.5 Å². The third-order valence-corrected chi connectivity index (χ3v) is 5.52. The molecular formula is C16H28N2OS. The SMILES string of the molecule is CC1CC(C)CC(NC(=O)C2(C(N)=S)CCCCC2)C1. The summed E-state index contributed by atoms with van der Waals surface area (Å²) in [6.07, 6.45) is 8.40. The van der Waals surface area contributed by atoms with Crippen molar-refractivity contribution in [1.82, 2.24) is 5.32 Å². The first-order valence-corrected chi connectivity index (χ1v) is 8.46. The van der Waals surface area contributed by atoms with Crippen LogP contribution in [0.15, 0.2) is 0 Å². The predicted molar refractivity (Wildman–Crippen MR) is 86.4 cm³/mol. The zero-order chi connectivity index (χ0) is 14.8. The molecule has 2 saturated carbocycles. The van der Waals surface area contributed by atoms with E-state index >= 15 is 0 Å². The lowest BCUT2D eigenvalue weighted by atomic mass is 9.72. The molecule has 0 heterocycles. The molecule has 2 aliphatic carbocycles. The van der Waals surface area contributed by atoms with E-state index in [1.54, 1.807) is 0 Å². The first-order chi connectivity index (χ1) is 9.44. The van der Waals surface area contributed by atoms with Crippen LogP contribution >= 0.6 is 12.2 Å². The molecule has 3 N–H and O–H groups in total. The van der Waals surface area contributed by atoms with Gasteiger partial charge in [0.2, 0.25) is 5.91 Å². The Hall–Kier alpha value is -0.640. The summed E-state index contributed by atoms with van der Waals surface area (Å²) in [5, 5.41) is 3.27. The van der Waals surface area contributed by atoms with Gasteiger partial charge in [-0.3, -0.25) is 4.79 Å². The van der Waals surface area contributed by atoms with Gasteiger partial charge in [-0.2, -0.15) is 0 Å². The van der Waals surface area contributed by atoms with E-state index in [4.69, 9.17) is 18.0 Å². The molecule has 3 nitrogen and oxygen atoms in total. The summed E-state index contributed by atoms with van der Waals surface area (Å²) in [4.78, 5) is 13.2. The van der Waals surface area contributed by atoms with Gasteiger partial charge in [-0.1, -0.05) is 45.3 Å². The van der Waals surface area contributed by atoms with Crippen LogP contribution in [0.5, 0.6) is 0 Å².